The predicted molar refractivity (Wildman–Crippen MR) is 86.8 cm³/mol. The summed E-state index contributed by atoms with van der Waals surface area (Å²) in [4.78, 5) is 22.8. The molecule has 0 unspecified atom stereocenters. The Morgan fingerprint density at radius 3 is 2.48 bits per heavy atom. The van der Waals surface area contributed by atoms with E-state index in [1.54, 1.807) is 0 Å². The van der Waals surface area contributed by atoms with E-state index in [9.17, 15) is 9.59 Å². The molecule has 0 aromatic heterocycles. The van der Waals surface area contributed by atoms with Gasteiger partial charge in [0, 0.05) is 13.1 Å². The number of hydrogen-bond acceptors (Lipinski definition) is 3. The monoisotopic (exact) mass is 316 g/mol. The molecule has 0 saturated heterocycles. The molecular weight excluding hydrogens is 288 g/mol. The van der Waals surface area contributed by atoms with Crippen LogP contribution in [0.1, 0.15) is 51.4 Å². The second kappa shape index (κ2) is 9.92. The Morgan fingerprint density at radius 2 is 1.86 bits per heavy atom. The fourth-order valence-corrected chi connectivity index (χ4v) is 3.44. The zero-order valence-corrected chi connectivity index (χ0v) is 13.8. The van der Waals surface area contributed by atoms with Crippen LogP contribution in [0.15, 0.2) is 0 Å². The van der Waals surface area contributed by atoms with Crippen LogP contribution in [0, 0.1) is 5.41 Å². The average molecular weight is 316 g/mol. The Balaban J connectivity index is 2.28. The van der Waals surface area contributed by atoms with Crippen molar-refractivity contribution < 1.29 is 14.7 Å². The lowest BCUT2D eigenvalue weighted by Crippen LogP contribution is -2.44. The van der Waals surface area contributed by atoms with Gasteiger partial charge in [0.15, 0.2) is 0 Å². The number of carboxylic acids is 1. The van der Waals surface area contributed by atoms with Crippen LogP contribution in [0.25, 0.3) is 0 Å². The van der Waals surface area contributed by atoms with Crippen LogP contribution < -0.4 is 10.6 Å². The number of nitrogens with one attached hydrogen (secondary N) is 2. The van der Waals surface area contributed by atoms with Gasteiger partial charge in [-0.15, -0.1) is 0 Å². The first-order chi connectivity index (χ1) is 10.1. The summed E-state index contributed by atoms with van der Waals surface area (Å²) in [5, 5.41) is 14.8. The van der Waals surface area contributed by atoms with Gasteiger partial charge in [-0.05, 0) is 43.1 Å². The van der Waals surface area contributed by atoms with E-state index in [1.165, 1.54) is 6.42 Å². The first kappa shape index (κ1) is 18.1. The molecule has 1 aliphatic carbocycles. The number of carbonyl (C=O) groups is 2. The highest BCUT2D eigenvalue weighted by atomic mass is 32.2. The van der Waals surface area contributed by atoms with E-state index in [0.717, 1.165) is 44.3 Å². The number of carbonyl (C=O) groups excluding carboxylic acids is 1. The summed E-state index contributed by atoms with van der Waals surface area (Å²) < 4.78 is 0. The van der Waals surface area contributed by atoms with Crippen LogP contribution >= 0.6 is 11.8 Å². The highest BCUT2D eigenvalue weighted by Crippen LogP contribution is 2.38. The summed E-state index contributed by atoms with van der Waals surface area (Å²) in [6.45, 7) is 1.15. The normalized spacial score (nSPS) is 17.2. The molecule has 0 bridgehead atoms. The fraction of sp³-hybridized carbons (Fsp3) is 0.867. The maximum Gasteiger partial charge on any atom is 0.314 e. The summed E-state index contributed by atoms with van der Waals surface area (Å²) in [5.41, 5.74) is -0.250. The molecule has 6 heteroatoms. The average Bonchev–Trinajstić information content (AvgIpc) is 2.45. The van der Waals surface area contributed by atoms with E-state index in [0.29, 0.717) is 13.1 Å². The van der Waals surface area contributed by atoms with Crippen molar-refractivity contribution in [1.29, 1.82) is 0 Å². The first-order valence-electron chi connectivity index (χ1n) is 7.80. The van der Waals surface area contributed by atoms with E-state index < -0.39 is 5.97 Å². The zero-order chi connectivity index (χ0) is 15.6. The number of aliphatic carboxylic acids is 1. The van der Waals surface area contributed by atoms with Crippen molar-refractivity contribution in [3.8, 4) is 0 Å². The van der Waals surface area contributed by atoms with Gasteiger partial charge in [0.1, 0.15) is 0 Å². The number of carboxylic acid groups (broad SMARTS) is 1. The van der Waals surface area contributed by atoms with Crippen molar-refractivity contribution in [2.24, 2.45) is 5.41 Å². The van der Waals surface area contributed by atoms with Crippen molar-refractivity contribution in [1.82, 2.24) is 10.6 Å². The molecule has 21 heavy (non-hydrogen) atoms. The minimum Gasteiger partial charge on any atom is -0.481 e. The number of urea groups is 1. The second-order valence-electron chi connectivity index (χ2n) is 5.94. The van der Waals surface area contributed by atoms with Crippen LogP contribution in [-0.2, 0) is 4.79 Å². The van der Waals surface area contributed by atoms with Gasteiger partial charge in [0.25, 0.3) is 0 Å². The summed E-state index contributed by atoms with van der Waals surface area (Å²) >= 11 is 1.81. The summed E-state index contributed by atoms with van der Waals surface area (Å²) in [7, 11) is 0. The summed E-state index contributed by atoms with van der Waals surface area (Å²) in [5.74, 6) is 0.349. The van der Waals surface area contributed by atoms with Gasteiger partial charge >= 0.3 is 12.0 Å². The third-order valence-corrected chi connectivity index (χ3v) is 4.82. The molecule has 1 saturated carbocycles. The van der Waals surface area contributed by atoms with Crippen LogP contribution in [0.5, 0.6) is 0 Å². The van der Waals surface area contributed by atoms with Gasteiger partial charge < -0.3 is 15.7 Å². The Hall–Kier alpha value is -0.910. The van der Waals surface area contributed by atoms with Gasteiger partial charge in [-0.1, -0.05) is 19.3 Å². The SMILES string of the molecule is CSCCCCNC(=O)NCC1(CC(=O)O)CCCCC1. The van der Waals surface area contributed by atoms with E-state index in [2.05, 4.69) is 16.9 Å². The third kappa shape index (κ3) is 7.60. The van der Waals surface area contributed by atoms with Crippen molar-refractivity contribution >= 4 is 23.8 Å². The molecule has 5 nitrogen and oxygen atoms in total. The largest absolute Gasteiger partial charge is 0.481 e. The molecule has 1 fully saturated rings. The molecule has 0 radical (unpaired) electrons. The van der Waals surface area contributed by atoms with Crippen molar-refractivity contribution in [2.75, 3.05) is 25.1 Å². The highest BCUT2D eigenvalue weighted by molar-refractivity contribution is 7.98. The van der Waals surface area contributed by atoms with E-state index >= 15 is 0 Å². The highest BCUT2D eigenvalue weighted by Gasteiger charge is 2.34. The van der Waals surface area contributed by atoms with E-state index in [-0.39, 0.29) is 17.9 Å². The minimum absolute atomic E-state index is 0.154. The zero-order valence-electron chi connectivity index (χ0n) is 13.0. The Morgan fingerprint density at radius 1 is 1.14 bits per heavy atom. The molecule has 2 amide bonds. The quantitative estimate of drug-likeness (QED) is 0.572. The lowest BCUT2D eigenvalue weighted by molar-refractivity contribution is -0.140. The maximum atomic E-state index is 11.8. The van der Waals surface area contributed by atoms with Crippen LogP contribution in [0.3, 0.4) is 0 Å². The van der Waals surface area contributed by atoms with Crippen LogP contribution in [-0.4, -0.2) is 42.2 Å². The number of amides is 2. The molecule has 0 atom stereocenters. The predicted octanol–water partition coefficient (Wildman–Crippen LogP) is 2.85. The van der Waals surface area contributed by atoms with Gasteiger partial charge in [-0.2, -0.15) is 11.8 Å². The number of thioether (sulfide) groups is 1. The summed E-state index contributed by atoms with van der Waals surface area (Å²) in [6, 6.07) is -0.172. The molecule has 0 aromatic carbocycles. The molecule has 1 aliphatic rings. The second-order valence-corrected chi connectivity index (χ2v) is 6.93. The fourth-order valence-electron chi connectivity index (χ4n) is 2.94. The van der Waals surface area contributed by atoms with Gasteiger partial charge in [-0.3, -0.25) is 4.79 Å². The van der Waals surface area contributed by atoms with Gasteiger partial charge in [0.2, 0.25) is 0 Å². The maximum absolute atomic E-state index is 11.8. The van der Waals surface area contributed by atoms with Crippen molar-refractivity contribution in [3.63, 3.8) is 0 Å². The summed E-state index contributed by atoms with van der Waals surface area (Å²) in [6.07, 6.45) is 9.40. The van der Waals surface area contributed by atoms with E-state index in [1.807, 2.05) is 11.8 Å². The number of rotatable bonds is 9. The lowest BCUT2D eigenvalue weighted by Gasteiger charge is -2.36. The number of hydrogen-bond donors (Lipinski definition) is 3. The van der Waals surface area contributed by atoms with Gasteiger partial charge in [0.05, 0.1) is 6.42 Å². The van der Waals surface area contributed by atoms with Crippen molar-refractivity contribution in [3.05, 3.63) is 0 Å². The van der Waals surface area contributed by atoms with Crippen LogP contribution in [0.2, 0.25) is 0 Å². The smallest absolute Gasteiger partial charge is 0.314 e. The Bertz CT molecular complexity index is 331. The molecule has 0 aromatic rings. The minimum atomic E-state index is -0.767. The van der Waals surface area contributed by atoms with E-state index in [4.69, 9.17) is 5.11 Å². The topological polar surface area (TPSA) is 78.4 Å². The first-order valence-corrected chi connectivity index (χ1v) is 9.20. The Labute approximate surface area is 131 Å². The molecule has 0 heterocycles. The molecular formula is C15H28N2O3S. The standard InChI is InChI=1S/C15H28N2O3S/c1-21-10-6-5-9-16-14(20)17-12-15(11-13(18)19)7-3-2-4-8-15/h2-12H2,1H3,(H,18,19)(H2,16,17,20). The van der Waals surface area contributed by atoms with Crippen LogP contribution in [0.4, 0.5) is 4.79 Å². The number of unbranched alkanes of at least 4 members (excludes halogenated alkanes) is 1. The van der Waals surface area contributed by atoms with Crippen molar-refractivity contribution in [2.45, 2.75) is 51.4 Å². The molecule has 0 spiro atoms. The molecule has 3 N–H and O–H groups in total. The molecule has 1 rings (SSSR count). The molecule has 0 aliphatic heterocycles. The Kier molecular flexibility index (Phi) is 8.57. The third-order valence-electron chi connectivity index (χ3n) is 4.13. The van der Waals surface area contributed by atoms with Gasteiger partial charge in [-0.25, -0.2) is 4.79 Å². The molecule has 122 valence electrons. The lowest BCUT2D eigenvalue weighted by atomic mass is 9.72.